The second-order valence-corrected chi connectivity index (χ2v) is 4.15. The number of hydrogen-bond donors (Lipinski definition) is 0. The lowest BCUT2D eigenvalue weighted by Crippen LogP contribution is -2.15. The highest BCUT2D eigenvalue weighted by Gasteiger charge is 2.14. The molecule has 102 valence electrons. The van der Waals surface area contributed by atoms with Gasteiger partial charge in [0.25, 0.3) is 0 Å². The Labute approximate surface area is 121 Å². The van der Waals surface area contributed by atoms with Crippen molar-refractivity contribution in [2.75, 3.05) is 18.6 Å². The maximum Gasteiger partial charge on any atom is 0.322 e. The fraction of sp³-hybridized carbons (Fsp3) is 0.231. The van der Waals surface area contributed by atoms with Crippen molar-refractivity contribution in [2.24, 2.45) is 0 Å². The summed E-state index contributed by atoms with van der Waals surface area (Å²) in [6.07, 6.45) is 0. The standard InChI is InChI=1S/C13H12ClN5O/c1-3-20-13-17-11(14)16-12(18-13)19(2)10-7-5-4-6-9(10)8-15/h4-7H,3H2,1-2H3. The smallest absolute Gasteiger partial charge is 0.322 e. The second-order valence-electron chi connectivity index (χ2n) is 3.81. The Morgan fingerprint density at radius 2 is 2.05 bits per heavy atom. The molecule has 0 aliphatic heterocycles. The lowest BCUT2D eigenvalue weighted by atomic mass is 10.2. The van der Waals surface area contributed by atoms with Gasteiger partial charge < -0.3 is 9.64 Å². The fourth-order valence-electron chi connectivity index (χ4n) is 1.63. The molecule has 0 fully saturated rings. The van der Waals surface area contributed by atoms with E-state index >= 15 is 0 Å². The lowest BCUT2D eigenvalue weighted by Gasteiger charge is -2.18. The summed E-state index contributed by atoms with van der Waals surface area (Å²) in [5, 5.41) is 9.17. The summed E-state index contributed by atoms with van der Waals surface area (Å²) in [6.45, 7) is 2.25. The van der Waals surface area contributed by atoms with E-state index in [9.17, 15) is 0 Å². The van der Waals surface area contributed by atoms with Gasteiger partial charge in [-0.2, -0.15) is 20.2 Å². The summed E-state index contributed by atoms with van der Waals surface area (Å²) in [6, 6.07) is 9.43. The van der Waals surface area contributed by atoms with Crippen molar-refractivity contribution in [3.05, 3.63) is 35.1 Å². The van der Waals surface area contributed by atoms with E-state index in [0.717, 1.165) is 0 Å². The molecule has 0 bridgehead atoms. The molecule has 0 amide bonds. The molecule has 0 saturated carbocycles. The summed E-state index contributed by atoms with van der Waals surface area (Å²) < 4.78 is 5.23. The number of benzene rings is 1. The third kappa shape index (κ3) is 2.95. The van der Waals surface area contributed by atoms with E-state index in [1.54, 1.807) is 30.1 Å². The van der Waals surface area contributed by atoms with E-state index in [2.05, 4.69) is 21.0 Å². The molecule has 0 saturated heterocycles. The summed E-state index contributed by atoms with van der Waals surface area (Å²) in [4.78, 5) is 13.7. The predicted octanol–water partition coefficient (Wildman–Crippen LogP) is 2.56. The maximum absolute atomic E-state index is 9.13. The molecule has 0 atom stereocenters. The van der Waals surface area contributed by atoms with Crippen LogP contribution < -0.4 is 9.64 Å². The van der Waals surface area contributed by atoms with E-state index < -0.39 is 0 Å². The number of anilines is 2. The molecule has 1 aromatic heterocycles. The van der Waals surface area contributed by atoms with Gasteiger partial charge >= 0.3 is 6.01 Å². The van der Waals surface area contributed by atoms with E-state index in [0.29, 0.717) is 23.8 Å². The number of halogens is 1. The van der Waals surface area contributed by atoms with Crippen LogP contribution in [0.5, 0.6) is 6.01 Å². The molecule has 0 spiro atoms. The number of hydrogen-bond acceptors (Lipinski definition) is 6. The summed E-state index contributed by atoms with van der Waals surface area (Å²) >= 11 is 5.86. The quantitative estimate of drug-likeness (QED) is 0.861. The molecule has 0 N–H and O–H groups in total. The zero-order valence-electron chi connectivity index (χ0n) is 11.0. The van der Waals surface area contributed by atoms with E-state index in [-0.39, 0.29) is 11.3 Å². The average Bonchev–Trinajstić information content (AvgIpc) is 2.46. The van der Waals surface area contributed by atoms with Crippen LogP contribution in [-0.2, 0) is 0 Å². The van der Waals surface area contributed by atoms with Crippen molar-refractivity contribution >= 4 is 23.2 Å². The van der Waals surface area contributed by atoms with Gasteiger partial charge in [-0.1, -0.05) is 12.1 Å². The number of nitriles is 1. The topological polar surface area (TPSA) is 74.9 Å². The van der Waals surface area contributed by atoms with Crippen LogP contribution in [0.3, 0.4) is 0 Å². The van der Waals surface area contributed by atoms with Gasteiger partial charge in [0.05, 0.1) is 17.9 Å². The molecule has 0 unspecified atom stereocenters. The molecular weight excluding hydrogens is 278 g/mol. The molecule has 0 aliphatic carbocycles. The van der Waals surface area contributed by atoms with Crippen LogP contribution in [-0.4, -0.2) is 28.6 Å². The molecule has 0 aliphatic rings. The van der Waals surface area contributed by atoms with Crippen LogP contribution in [0.4, 0.5) is 11.6 Å². The second kappa shape index (κ2) is 6.17. The van der Waals surface area contributed by atoms with Gasteiger partial charge in [0.1, 0.15) is 6.07 Å². The SMILES string of the molecule is CCOc1nc(Cl)nc(N(C)c2ccccc2C#N)n1. The summed E-state index contributed by atoms with van der Waals surface area (Å²) in [7, 11) is 1.75. The van der Waals surface area contributed by atoms with E-state index in [4.69, 9.17) is 21.6 Å². The summed E-state index contributed by atoms with van der Waals surface area (Å²) in [5.41, 5.74) is 1.20. The molecule has 1 aromatic carbocycles. The number of rotatable bonds is 4. The Morgan fingerprint density at radius 3 is 2.75 bits per heavy atom. The van der Waals surface area contributed by atoms with Gasteiger partial charge in [0.2, 0.25) is 11.2 Å². The molecule has 1 heterocycles. The highest BCUT2D eigenvalue weighted by atomic mass is 35.5. The minimum atomic E-state index is 0.0414. The highest BCUT2D eigenvalue weighted by molar-refractivity contribution is 6.28. The number of nitrogens with zero attached hydrogens (tertiary/aromatic N) is 5. The van der Waals surface area contributed by atoms with Gasteiger partial charge in [-0.15, -0.1) is 0 Å². The van der Waals surface area contributed by atoms with Crippen molar-refractivity contribution < 1.29 is 4.74 Å². The Kier molecular flexibility index (Phi) is 4.33. The van der Waals surface area contributed by atoms with Crippen LogP contribution in [0.2, 0.25) is 5.28 Å². The Bertz CT molecular complexity index is 655. The molecular formula is C13H12ClN5O. The third-order valence-corrected chi connectivity index (χ3v) is 2.70. The molecule has 2 rings (SSSR count). The van der Waals surface area contributed by atoms with E-state index in [1.807, 2.05) is 13.0 Å². The largest absolute Gasteiger partial charge is 0.464 e. The molecule has 7 heteroatoms. The minimum absolute atomic E-state index is 0.0414. The minimum Gasteiger partial charge on any atom is -0.464 e. The van der Waals surface area contributed by atoms with Crippen molar-refractivity contribution in [3.8, 4) is 12.1 Å². The maximum atomic E-state index is 9.13. The predicted molar refractivity (Wildman–Crippen MR) is 75.2 cm³/mol. The average molecular weight is 290 g/mol. The molecule has 6 nitrogen and oxygen atoms in total. The number of para-hydroxylation sites is 1. The number of ether oxygens (including phenoxy) is 1. The van der Waals surface area contributed by atoms with Gasteiger partial charge in [-0.05, 0) is 30.7 Å². The first kappa shape index (κ1) is 14.0. The zero-order valence-corrected chi connectivity index (χ0v) is 11.8. The first-order valence-corrected chi connectivity index (χ1v) is 6.30. The van der Waals surface area contributed by atoms with Crippen molar-refractivity contribution in [2.45, 2.75) is 6.92 Å². The van der Waals surface area contributed by atoms with Gasteiger partial charge in [-0.3, -0.25) is 0 Å². The number of aromatic nitrogens is 3. The lowest BCUT2D eigenvalue weighted by molar-refractivity contribution is 0.311. The Balaban J connectivity index is 2.43. The Hall–Kier alpha value is -2.39. The molecule has 0 radical (unpaired) electrons. The monoisotopic (exact) mass is 289 g/mol. The van der Waals surface area contributed by atoms with Crippen molar-refractivity contribution in [1.29, 1.82) is 5.26 Å². The van der Waals surface area contributed by atoms with Crippen LogP contribution >= 0.6 is 11.6 Å². The van der Waals surface area contributed by atoms with Crippen LogP contribution in [0.15, 0.2) is 24.3 Å². The van der Waals surface area contributed by atoms with Gasteiger partial charge in [0.15, 0.2) is 0 Å². The molecule has 20 heavy (non-hydrogen) atoms. The van der Waals surface area contributed by atoms with Crippen molar-refractivity contribution in [3.63, 3.8) is 0 Å². The molecule has 2 aromatic rings. The van der Waals surface area contributed by atoms with Crippen LogP contribution in [0.1, 0.15) is 12.5 Å². The fourth-order valence-corrected chi connectivity index (χ4v) is 1.78. The first-order valence-electron chi connectivity index (χ1n) is 5.93. The zero-order chi connectivity index (χ0) is 14.5. The van der Waals surface area contributed by atoms with Crippen LogP contribution in [0.25, 0.3) is 0 Å². The third-order valence-electron chi connectivity index (χ3n) is 2.54. The van der Waals surface area contributed by atoms with Crippen LogP contribution in [0, 0.1) is 11.3 Å². The highest BCUT2D eigenvalue weighted by Crippen LogP contribution is 2.25. The normalized spacial score (nSPS) is 9.90. The van der Waals surface area contributed by atoms with Gasteiger partial charge in [-0.25, -0.2) is 0 Å². The van der Waals surface area contributed by atoms with Crippen molar-refractivity contribution in [1.82, 2.24) is 15.0 Å². The summed E-state index contributed by atoms with van der Waals surface area (Å²) in [5.74, 6) is 0.316. The van der Waals surface area contributed by atoms with Gasteiger partial charge in [0, 0.05) is 7.05 Å². The first-order chi connectivity index (χ1) is 9.65. The van der Waals surface area contributed by atoms with E-state index in [1.165, 1.54) is 0 Å². The Morgan fingerprint density at radius 1 is 1.30 bits per heavy atom.